The summed E-state index contributed by atoms with van der Waals surface area (Å²) in [6.07, 6.45) is 1.24. The van der Waals surface area contributed by atoms with Gasteiger partial charge in [-0.1, -0.05) is 54.1 Å². The molecule has 0 aliphatic rings. The van der Waals surface area contributed by atoms with E-state index in [4.69, 9.17) is 16.7 Å². The Morgan fingerprint density at radius 2 is 1.75 bits per heavy atom. The third-order valence-corrected chi connectivity index (χ3v) is 3.89. The fourth-order valence-electron chi connectivity index (χ4n) is 2.53. The number of carbonyl (C=O) groups is 2. The van der Waals surface area contributed by atoms with Crippen LogP contribution in [0.5, 0.6) is 0 Å². The molecule has 24 heavy (non-hydrogen) atoms. The van der Waals surface area contributed by atoms with Crippen LogP contribution in [0, 0.1) is 0 Å². The average Bonchev–Trinajstić information content (AvgIpc) is 2.53. The minimum absolute atomic E-state index is 0.0228. The normalized spacial score (nSPS) is 11.7. The molecular formula is C19H20ClNO3. The Morgan fingerprint density at radius 3 is 2.42 bits per heavy atom. The third-order valence-electron chi connectivity index (χ3n) is 3.65. The molecule has 0 heterocycles. The SMILES string of the molecule is O=C(O)CCC(Cc1ccccc1)NC(=O)Cc1cccc(Cl)c1. The lowest BCUT2D eigenvalue weighted by Gasteiger charge is -2.18. The predicted octanol–water partition coefficient (Wildman–Crippen LogP) is 3.47. The third kappa shape index (κ3) is 6.42. The van der Waals surface area contributed by atoms with Gasteiger partial charge in [0.2, 0.25) is 5.91 Å². The largest absolute Gasteiger partial charge is 0.481 e. The maximum Gasteiger partial charge on any atom is 0.303 e. The summed E-state index contributed by atoms with van der Waals surface area (Å²) in [5.41, 5.74) is 1.90. The van der Waals surface area contributed by atoms with Crippen LogP contribution in [0.4, 0.5) is 0 Å². The molecule has 2 rings (SSSR count). The van der Waals surface area contributed by atoms with Gasteiger partial charge >= 0.3 is 5.97 Å². The molecule has 2 N–H and O–H groups in total. The Morgan fingerprint density at radius 1 is 1.04 bits per heavy atom. The second-order valence-electron chi connectivity index (χ2n) is 5.69. The monoisotopic (exact) mass is 345 g/mol. The Labute approximate surface area is 146 Å². The highest BCUT2D eigenvalue weighted by molar-refractivity contribution is 6.30. The number of amides is 1. The first kappa shape index (κ1) is 18.0. The lowest BCUT2D eigenvalue weighted by atomic mass is 10.0. The first-order chi connectivity index (χ1) is 11.5. The molecule has 2 aromatic rings. The van der Waals surface area contributed by atoms with Gasteiger partial charge in [-0.05, 0) is 36.1 Å². The van der Waals surface area contributed by atoms with Crippen molar-refractivity contribution in [2.45, 2.75) is 31.7 Å². The van der Waals surface area contributed by atoms with Crippen LogP contribution in [0.15, 0.2) is 54.6 Å². The molecular weight excluding hydrogens is 326 g/mol. The van der Waals surface area contributed by atoms with Gasteiger partial charge in [-0.2, -0.15) is 0 Å². The van der Waals surface area contributed by atoms with Gasteiger partial charge in [0.05, 0.1) is 6.42 Å². The van der Waals surface area contributed by atoms with Crippen molar-refractivity contribution < 1.29 is 14.7 Å². The summed E-state index contributed by atoms with van der Waals surface area (Å²) in [6, 6.07) is 16.7. The molecule has 126 valence electrons. The van der Waals surface area contributed by atoms with Gasteiger partial charge in [-0.25, -0.2) is 0 Å². The van der Waals surface area contributed by atoms with E-state index in [1.807, 2.05) is 36.4 Å². The average molecular weight is 346 g/mol. The smallest absolute Gasteiger partial charge is 0.303 e. The van der Waals surface area contributed by atoms with E-state index in [0.717, 1.165) is 11.1 Å². The molecule has 0 radical (unpaired) electrons. The van der Waals surface area contributed by atoms with Gasteiger partial charge in [0, 0.05) is 17.5 Å². The summed E-state index contributed by atoms with van der Waals surface area (Å²) in [6.45, 7) is 0. The van der Waals surface area contributed by atoms with E-state index < -0.39 is 5.97 Å². The lowest BCUT2D eigenvalue weighted by Crippen LogP contribution is -2.37. The summed E-state index contributed by atoms with van der Waals surface area (Å²) >= 11 is 5.93. The van der Waals surface area contributed by atoms with Crippen molar-refractivity contribution in [3.05, 3.63) is 70.7 Å². The Balaban J connectivity index is 1.98. The lowest BCUT2D eigenvalue weighted by molar-refractivity contribution is -0.137. The van der Waals surface area contributed by atoms with Crippen LogP contribution < -0.4 is 5.32 Å². The standard InChI is InChI=1S/C19H20ClNO3/c20-16-8-4-7-15(11-16)13-18(22)21-17(9-10-19(23)24)12-14-5-2-1-3-6-14/h1-8,11,17H,9-10,12-13H2,(H,21,22)(H,23,24). The van der Waals surface area contributed by atoms with Crippen LogP contribution in [0.25, 0.3) is 0 Å². The summed E-state index contributed by atoms with van der Waals surface area (Å²) in [4.78, 5) is 23.1. The van der Waals surface area contributed by atoms with E-state index in [0.29, 0.717) is 17.9 Å². The molecule has 0 bridgehead atoms. The molecule has 0 fully saturated rings. The zero-order chi connectivity index (χ0) is 17.4. The highest BCUT2D eigenvalue weighted by atomic mass is 35.5. The molecule has 4 nitrogen and oxygen atoms in total. The fourth-order valence-corrected chi connectivity index (χ4v) is 2.75. The molecule has 1 amide bonds. The molecule has 0 saturated carbocycles. The number of carboxylic acid groups (broad SMARTS) is 1. The van der Waals surface area contributed by atoms with Crippen molar-refractivity contribution in [3.8, 4) is 0 Å². The maximum atomic E-state index is 12.3. The number of carbonyl (C=O) groups excluding carboxylic acids is 1. The van der Waals surface area contributed by atoms with Crippen molar-refractivity contribution in [2.24, 2.45) is 0 Å². The summed E-state index contributed by atoms with van der Waals surface area (Å²) in [5.74, 6) is -0.999. The second kappa shape index (κ2) is 9.08. The minimum Gasteiger partial charge on any atom is -0.481 e. The number of hydrogen-bond donors (Lipinski definition) is 2. The van der Waals surface area contributed by atoms with E-state index in [1.165, 1.54) is 0 Å². The van der Waals surface area contributed by atoms with Crippen LogP contribution in [0.1, 0.15) is 24.0 Å². The minimum atomic E-state index is -0.864. The Kier molecular flexibility index (Phi) is 6.82. The molecule has 5 heteroatoms. The van der Waals surface area contributed by atoms with Crippen LogP contribution in [-0.2, 0) is 22.4 Å². The zero-order valence-electron chi connectivity index (χ0n) is 13.2. The van der Waals surface area contributed by atoms with E-state index in [-0.39, 0.29) is 24.8 Å². The van der Waals surface area contributed by atoms with Gasteiger partial charge in [-0.3, -0.25) is 9.59 Å². The zero-order valence-corrected chi connectivity index (χ0v) is 14.0. The Hall–Kier alpha value is -2.33. The molecule has 1 unspecified atom stereocenters. The van der Waals surface area contributed by atoms with Crippen molar-refractivity contribution >= 4 is 23.5 Å². The van der Waals surface area contributed by atoms with Crippen LogP contribution >= 0.6 is 11.6 Å². The summed E-state index contributed by atoms with van der Waals surface area (Å²) < 4.78 is 0. The van der Waals surface area contributed by atoms with Gasteiger partial charge in [0.1, 0.15) is 0 Å². The number of rotatable bonds is 8. The van der Waals surface area contributed by atoms with Crippen molar-refractivity contribution in [3.63, 3.8) is 0 Å². The second-order valence-corrected chi connectivity index (χ2v) is 6.13. The highest BCUT2D eigenvalue weighted by Crippen LogP contribution is 2.12. The predicted molar refractivity (Wildman–Crippen MR) is 94.1 cm³/mol. The van der Waals surface area contributed by atoms with E-state index in [2.05, 4.69) is 5.32 Å². The van der Waals surface area contributed by atoms with Gasteiger partial charge in [0.15, 0.2) is 0 Å². The van der Waals surface area contributed by atoms with Crippen molar-refractivity contribution in [1.29, 1.82) is 0 Å². The first-order valence-electron chi connectivity index (χ1n) is 7.82. The number of hydrogen-bond acceptors (Lipinski definition) is 2. The Bertz CT molecular complexity index is 688. The van der Waals surface area contributed by atoms with Crippen molar-refractivity contribution in [1.82, 2.24) is 5.32 Å². The quantitative estimate of drug-likeness (QED) is 0.769. The van der Waals surface area contributed by atoms with Crippen LogP contribution in [-0.4, -0.2) is 23.0 Å². The van der Waals surface area contributed by atoms with Gasteiger partial charge < -0.3 is 10.4 Å². The van der Waals surface area contributed by atoms with Gasteiger partial charge in [-0.15, -0.1) is 0 Å². The van der Waals surface area contributed by atoms with Crippen LogP contribution in [0.3, 0.4) is 0 Å². The summed E-state index contributed by atoms with van der Waals surface area (Å²) in [5, 5.41) is 12.4. The number of benzene rings is 2. The van der Waals surface area contributed by atoms with E-state index in [9.17, 15) is 9.59 Å². The topological polar surface area (TPSA) is 66.4 Å². The molecule has 0 saturated heterocycles. The molecule has 1 atom stereocenters. The number of halogens is 1. The van der Waals surface area contributed by atoms with Crippen molar-refractivity contribution in [2.75, 3.05) is 0 Å². The van der Waals surface area contributed by atoms with Gasteiger partial charge in [0.25, 0.3) is 0 Å². The number of carboxylic acids is 1. The fraction of sp³-hybridized carbons (Fsp3) is 0.263. The summed E-state index contributed by atoms with van der Waals surface area (Å²) in [7, 11) is 0. The molecule has 0 aliphatic carbocycles. The molecule has 2 aromatic carbocycles. The maximum absolute atomic E-state index is 12.3. The van der Waals surface area contributed by atoms with E-state index >= 15 is 0 Å². The van der Waals surface area contributed by atoms with E-state index in [1.54, 1.807) is 18.2 Å². The highest BCUT2D eigenvalue weighted by Gasteiger charge is 2.15. The number of nitrogens with one attached hydrogen (secondary N) is 1. The number of aliphatic carboxylic acids is 1. The first-order valence-corrected chi connectivity index (χ1v) is 8.20. The molecule has 0 aromatic heterocycles. The van der Waals surface area contributed by atoms with Crippen LogP contribution in [0.2, 0.25) is 5.02 Å². The molecule has 0 aliphatic heterocycles. The molecule has 0 spiro atoms.